The van der Waals surface area contributed by atoms with E-state index in [4.69, 9.17) is 9.84 Å². The van der Waals surface area contributed by atoms with Crippen molar-refractivity contribution in [3.8, 4) is 11.4 Å². The number of allylic oxidation sites excluding steroid dienone is 1. The fourth-order valence-electron chi connectivity index (χ4n) is 4.07. The standard InChI is InChI=1S/C25H28N6O2/c1-17-24(18(2)31(30-17)20-12-5-4-6-13-20)21-16-22(28-27-21)25(32)29-26-15-9-11-19-10-7-8-14-23(19)33-3/h4-15,21-22,27-28H,16H2,1-3H3,(H,29,32)/b11-9+,26-15+. The largest absolute Gasteiger partial charge is 0.496 e. The van der Waals surface area contributed by atoms with Crippen molar-refractivity contribution in [2.24, 2.45) is 5.10 Å². The number of hydrogen-bond donors (Lipinski definition) is 3. The van der Waals surface area contributed by atoms with E-state index in [0.717, 1.165) is 34.0 Å². The van der Waals surface area contributed by atoms with E-state index in [1.54, 1.807) is 19.4 Å². The van der Waals surface area contributed by atoms with Crippen molar-refractivity contribution in [3.63, 3.8) is 0 Å². The molecular formula is C25H28N6O2. The number of rotatable bonds is 7. The second kappa shape index (κ2) is 10.2. The molecule has 0 saturated carbocycles. The Labute approximate surface area is 193 Å². The van der Waals surface area contributed by atoms with Crippen LogP contribution in [0.3, 0.4) is 0 Å². The van der Waals surface area contributed by atoms with Crippen LogP contribution in [-0.4, -0.2) is 35.1 Å². The predicted molar refractivity (Wildman–Crippen MR) is 129 cm³/mol. The molecule has 0 spiro atoms. The number of nitrogens with zero attached hydrogens (tertiary/aromatic N) is 3. The molecule has 3 N–H and O–H groups in total. The average molecular weight is 445 g/mol. The fraction of sp³-hybridized carbons (Fsp3) is 0.240. The second-order valence-corrected chi connectivity index (χ2v) is 7.82. The van der Waals surface area contributed by atoms with Gasteiger partial charge in [-0.2, -0.15) is 10.2 Å². The number of aromatic nitrogens is 2. The van der Waals surface area contributed by atoms with Crippen LogP contribution in [0.1, 0.15) is 35.0 Å². The Morgan fingerprint density at radius 1 is 1.15 bits per heavy atom. The van der Waals surface area contributed by atoms with E-state index in [2.05, 4.69) is 28.3 Å². The second-order valence-electron chi connectivity index (χ2n) is 7.82. The third-order valence-electron chi connectivity index (χ3n) is 5.67. The van der Waals surface area contributed by atoms with E-state index < -0.39 is 6.04 Å². The zero-order valence-corrected chi connectivity index (χ0v) is 18.9. The van der Waals surface area contributed by atoms with E-state index in [0.29, 0.717) is 6.42 Å². The number of carbonyl (C=O) groups is 1. The molecule has 1 saturated heterocycles. The molecule has 1 aliphatic heterocycles. The molecule has 1 aromatic heterocycles. The van der Waals surface area contributed by atoms with Crippen LogP contribution in [0.5, 0.6) is 5.75 Å². The van der Waals surface area contributed by atoms with E-state index >= 15 is 0 Å². The molecule has 8 nitrogen and oxygen atoms in total. The van der Waals surface area contributed by atoms with Crippen molar-refractivity contribution in [1.82, 2.24) is 26.1 Å². The molecule has 0 bridgehead atoms. The van der Waals surface area contributed by atoms with Gasteiger partial charge in [0.25, 0.3) is 5.91 Å². The van der Waals surface area contributed by atoms with Gasteiger partial charge in [-0.3, -0.25) is 4.79 Å². The molecule has 1 aliphatic rings. The number of para-hydroxylation sites is 2. The average Bonchev–Trinajstić information content (AvgIpc) is 3.43. The number of amides is 1. The van der Waals surface area contributed by atoms with Crippen molar-refractivity contribution in [2.75, 3.05) is 7.11 Å². The maximum absolute atomic E-state index is 12.6. The molecule has 8 heteroatoms. The smallest absolute Gasteiger partial charge is 0.258 e. The summed E-state index contributed by atoms with van der Waals surface area (Å²) in [6.07, 6.45) is 5.77. The Morgan fingerprint density at radius 2 is 1.91 bits per heavy atom. The van der Waals surface area contributed by atoms with Gasteiger partial charge in [0.05, 0.1) is 24.5 Å². The summed E-state index contributed by atoms with van der Waals surface area (Å²) in [5, 5.41) is 8.74. The van der Waals surface area contributed by atoms with Crippen LogP contribution < -0.4 is 21.0 Å². The van der Waals surface area contributed by atoms with Crippen LogP contribution in [0.4, 0.5) is 0 Å². The van der Waals surface area contributed by atoms with Crippen molar-refractivity contribution >= 4 is 18.2 Å². The molecule has 0 radical (unpaired) electrons. The minimum Gasteiger partial charge on any atom is -0.496 e. The first-order valence-electron chi connectivity index (χ1n) is 10.8. The van der Waals surface area contributed by atoms with Gasteiger partial charge >= 0.3 is 0 Å². The summed E-state index contributed by atoms with van der Waals surface area (Å²) in [7, 11) is 1.63. The quantitative estimate of drug-likeness (QED) is 0.384. The maximum Gasteiger partial charge on any atom is 0.258 e. The summed E-state index contributed by atoms with van der Waals surface area (Å²) >= 11 is 0. The van der Waals surface area contributed by atoms with E-state index in [9.17, 15) is 4.79 Å². The van der Waals surface area contributed by atoms with Crippen molar-refractivity contribution < 1.29 is 9.53 Å². The van der Waals surface area contributed by atoms with E-state index in [1.165, 1.54) is 0 Å². The molecule has 3 aromatic rings. The molecule has 1 fully saturated rings. The number of hydrazine groups is 1. The van der Waals surface area contributed by atoms with Gasteiger partial charge < -0.3 is 4.74 Å². The van der Waals surface area contributed by atoms with Crippen LogP contribution in [0, 0.1) is 13.8 Å². The highest BCUT2D eigenvalue weighted by molar-refractivity contribution is 5.84. The Kier molecular flexibility index (Phi) is 6.97. The normalized spacial score (nSPS) is 18.3. The lowest BCUT2D eigenvalue weighted by atomic mass is 10.00. The van der Waals surface area contributed by atoms with Crippen molar-refractivity contribution in [3.05, 3.63) is 83.2 Å². The lowest BCUT2D eigenvalue weighted by molar-refractivity contribution is -0.122. The lowest BCUT2D eigenvalue weighted by Gasteiger charge is -2.11. The summed E-state index contributed by atoms with van der Waals surface area (Å²) < 4.78 is 7.25. The van der Waals surface area contributed by atoms with Crippen molar-refractivity contribution in [1.29, 1.82) is 0 Å². The molecule has 1 amide bonds. The van der Waals surface area contributed by atoms with Gasteiger partial charge in [0.15, 0.2) is 0 Å². The summed E-state index contributed by atoms with van der Waals surface area (Å²) in [5.74, 6) is 0.581. The maximum atomic E-state index is 12.6. The zero-order valence-electron chi connectivity index (χ0n) is 18.9. The highest BCUT2D eigenvalue weighted by Gasteiger charge is 2.33. The van der Waals surface area contributed by atoms with Gasteiger partial charge in [0.1, 0.15) is 11.8 Å². The van der Waals surface area contributed by atoms with Crippen LogP contribution in [-0.2, 0) is 4.79 Å². The fourth-order valence-corrected chi connectivity index (χ4v) is 4.07. The molecule has 2 aromatic carbocycles. The number of ether oxygens (including phenoxy) is 1. The number of hydrogen-bond acceptors (Lipinski definition) is 6. The number of nitrogens with one attached hydrogen (secondary N) is 3. The number of hydrazone groups is 1. The third kappa shape index (κ3) is 5.02. The SMILES string of the molecule is COc1ccccc1/C=C/C=N/NC(=O)C1CC(c2c(C)nn(-c3ccccc3)c2C)NN1. The number of benzene rings is 2. The third-order valence-corrected chi connectivity index (χ3v) is 5.67. The summed E-state index contributed by atoms with van der Waals surface area (Å²) in [6, 6.07) is 17.3. The monoisotopic (exact) mass is 444 g/mol. The minimum absolute atomic E-state index is 0.0207. The van der Waals surface area contributed by atoms with Crippen LogP contribution in [0.25, 0.3) is 11.8 Å². The number of aryl methyl sites for hydroxylation is 1. The molecule has 33 heavy (non-hydrogen) atoms. The molecule has 0 aliphatic carbocycles. The highest BCUT2D eigenvalue weighted by Crippen LogP contribution is 2.29. The van der Waals surface area contributed by atoms with Crippen LogP contribution in [0.15, 0.2) is 65.8 Å². The molecular weight excluding hydrogens is 416 g/mol. The Morgan fingerprint density at radius 3 is 2.70 bits per heavy atom. The van der Waals surface area contributed by atoms with Gasteiger partial charge in [-0.15, -0.1) is 0 Å². The number of methoxy groups -OCH3 is 1. The first-order valence-corrected chi connectivity index (χ1v) is 10.8. The molecule has 4 rings (SSSR count). The van der Waals surface area contributed by atoms with Crippen LogP contribution >= 0.6 is 0 Å². The summed E-state index contributed by atoms with van der Waals surface area (Å²) in [6.45, 7) is 4.05. The first-order chi connectivity index (χ1) is 16.1. The van der Waals surface area contributed by atoms with E-state index in [1.807, 2.05) is 72.3 Å². The first kappa shape index (κ1) is 22.4. The van der Waals surface area contributed by atoms with Gasteiger partial charge in [0.2, 0.25) is 0 Å². The summed E-state index contributed by atoms with van der Waals surface area (Å²) in [5.41, 5.74) is 14.0. The van der Waals surface area contributed by atoms with E-state index in [-0.39, 0.29) is 11.9 Å². The van der Waals surface area contributed by atoms with Gasteiger partial charge in [-0.05, 0) is 50.6 Å². The van der Waals surface area contributed by atoms with Gasteiger partial charge in [0, 0.05) is 23.0 Å². The van der Waals surface area contributed by atoms with Crippen LogP contribution in [0.2, 0.25) is 0 Å². The summed E-state index contributed by atoms with van der Waals surface area (Å²) in [4.78, 5) is 12.6. The molecule has 2 unspecified atom stereocenters. The number of carbonyl (C=O) groups excluding carboxylic acids is 1. The lowest BCUT2D eigenvalue weighted by Crippen LogP contribution is -2.41. The Balaban J connectivity index is 1.35. The Bertz CT molecular complexity index is 1170. The molecule has 170 valence electrons. The zero-order chi connectivity index (χ0) is 23.2. The predicted octanol–water partition coefficient (Wildman–Crippen LogP) is 3.22. The van der Waals surface area contributed by atoms with Gasteiger partial charge in [-0.25, -0.2) is 21.0 Å². The minimum atomic E-state index is -0.399. The van der Waals surface area contributed by atoms with Gasteiger partial charge in [-0.1, -0.05) is 36.4 Å². The van der Waals surface area contributed by atoms with Crippen molar-refractivity contribution in [2.45, 2.75) is 32.4 Å². The molecule has 2 heterocycles. The highest BCUT2D eigenvalue weighted by atomic mass is 16.5. The topological polar surface area (TPSA) is 92.6 Å². The molecule has 2 atom stereocenters. The Hall–Kier alpha value is -3.75.